The molecule has 1 amide bonds. The number of halogens is 1. The number of rotatable bonds is 3. The quantitative estimate of drug-likeness (QED) is 0.742. The van der Waals surface area contributed by atoms with Crippen LogP contribution in [0, 0.1) is 3.57 Å². The number of amides is 1. The summed E-state index contributed by atoms with van der Waals surface area (Å²) in [6, 6.07) is 6.55. The van der Waals surface area contributed by atoms with Crippen LogP contribution in [0.1, 0.15) is 27.2 Å². The molecule has 0 aromatic heterocycles. The number of carboxylic acid groups (broad SMARTS) is 1. The highest BCUT2D eigenvalue weighted by Gasteiger charge is 2.42. The average molecular weight is 433 g/mol. The first-order chi connectivity index (χ1) is 10.7. The van der Waals surface area contributed by atoms with Crippen molar-refractivity contribution in [1.29, 1.82) is 0 Å². The summed E-state index contributed by atoms with van der Waals surface area (Å²) >= 11 is 2.16. The summed E-state index contributed by atoms with van der Waals surface area (Å²) in [7, 11) is 0. The molecule has 1 N–H and O–H groups in total. The fourth-order valence-corrected chi connectivity index (χ4v) is 2.87. The molecule has 0 saturated carbocycles. The molecule has 0 unspecified atom stereocenters. The van der Waals surface area contributed by atoms with Crippen LogP contribution >= 0.6 is 22.6 Å². The molecular formula is C16H20INO5. The molecule has 1 heterocycles. The van der Waals surface area contributed by atoms with E-state index in [1.54, 1.807) is 20.8 Å². The van der Waals surface area contributed by atoms with E-state index in [2.05, 4.69) is 22.6 Å². The van der Waals surface area contributed by atoms with Gasteiger partial charge in [-0.3, -0.25) is 4.90 Å². The summed E-state index contributed by atoms with van der Waals surface area (Å²) in [5.74, 6) is -0.363. The van der Waals surface area contributed by atoms with E-state index in [1.165, 1.54) is 4.90 Å². The first-order valence-corrected chi connectivity index (χ1v) is 8.39. The highest BCUT2D eigenvalue weighted by atomic mass is 127. The molecule has 1 saturated heterocycles. The highest BCUT2D eigenvalue weighted by Crippen LogP contribution is 2.27. The van der Waals surface area contributed by atoms with Gasteiger partial charge in [-0.15, -0.1) is 0 Å². The highest BCUT2D eigenvalue weighted by molar-refractivity contribution is 14.1. The van der Waals surface area contributed by atoms with Crippen LogP contribution in [0.5, 0.6) is 5.75 Å². The predicted molar refractivity (Wildman–Crippen MR) is 92.6 cm³/mol. The van der Waals surface area contributed by atoms with Crippen molar-refractivity contribution in [2.75, 3.05) is 6.54 Å². The van der Waals surface area contributed by atoms with Crippen LogP contribution in [0.3, 0.4) is 0 Å². The molecule has 1 aliphatic rings. The number of carboxylic acids is 1. The van der Waals surface area contributed by atoms with Gasteiger partial charge >= 0.3 is 12.1 Å². The normalized spacial score (nSPS) is 21.1. The lowest BCUT2D eigenvalue weighted by Gasteiger charge is -2.26. The van der Waals surface area contributed by atoms with E-state index in [-0.39, 0.29) is 19.1 Å². The zero-order valence-corrected chi connectivity index (χ0v) is 15.4. The standard InChI is InChI=1S/C16H20INO5/c1-16(2,3)23-15(21)18-9-10(8-12(18)14(19)20)22-13-7-5-4-6-11(13)17/h4-7,10,12H,8-9H2,1-3H3,(H,19,20)/t10-,12+/m1/s1. The monoisotopic (exact) mass is 433 g/mol. The van der Waals surface area contributed by atoms with Crippen LogP contribution < -0.4 is 4.74 Å². The minimum absolute atomic E-state index is 0.191. The molecule has 6 nitrogen and oxygen atoms in total. The minimum atomic E-state index is -1.05. The molecule has 0 spiro atoms. The van der Waals surface area contributed by atoms with E-state index < -0.39 is 23.7 Å². The summed E-state index contributed by atoms with van der Waals surface area (Å²) < 4.78 is 12.1. The van der Waals surface area contributed by atoms with Crippen LogP contribution in [0.15, 0.2) is 24.3 Å². The number of hydrogen-bond donors (Lipinski definition) is 1. The number of carbonyl (C=O) groups is 2. The van der Waals surface area contributed by atoms with Crippen molar-refractivity contribution < 1.29 is 24.2 Å². The van der Waals surface area contributed by atoms with E-state index in [1.807, 2.05) is 24.3 Å². The van der Waals surface area contributed by atoms with E-state index in [4.69, 9.17) is 9.47 Å². The van der Waals surface area contributed by atoms with E-state index in [0.717, 1.165) is 3.57 Å². The van der Waals surface area contributed by atoms with Crippen molar-refractivity contribution in [3.63, 3.8) is 0 Å². The molecule has 1 aliphatic heterocycles. The number of aliphatic carboxylic acids is 1. The predicted octanol–water partition coefficient (Wildman–Crippen LogP) is 3.13. The van der Waals surface area contributed by atoms with Gasteiger partial charge in [-0.25, -0.2) is 9.59 Å². The van der Waals surface area contributed by atoms with Crippen molar-refractivity contribution in [1.82, 2.24) is 4.90 Å². The number of likely N-dealkylation sites (tertiary alicyclic amines) is 1. The van der Waals surface area contributed by atoms with Crippen LogP contribution in [-0.2, 0) is 9.53 Å². The number of hydrogen-bond acceptors (Lipinski definition) is 4. The Balaban J connectivity index is 2.10. The molecule has 7 heteroatoms. The van der Waals surface area contributed by atoms with Gasteiger partial charge in [0, 0.05) is 6.42 Å². The Morgan fingerprint density at radius 2 is 1.96 bits per heavy atom. The smallest absolute Gasteiger partial charge is 0.411 e. The summed E-state index contributed by atoms with van der Waals surface area (Å²) in [4.78, 5) is 24.9. The van der Waals surface area contributed by atoms with Gasteiger partial charge in [0.15, 0.2) is 0 Å². The first-order valence-electron chi connectivity index (χ1n) is 7.31. The van der Waals surface area contributed by atoms with Crippen LogP contribution in [-0.4, -0.2) is 46.4 Å². The molecule has 1 fully saturated rings. The van der Waals surface area contributed by atoms with Gasteiger partial charge in [0.1, 0.15) is 23.5 Å². The molecule has 1 aromatic carbocycles. The van der Waals surface area contributed by atoms with Gasteiger partial charge in [-0.1, -0.05) is 12.1 Å². The largest absolute Gasteiger partial charge is 0.487 e. The number of para-hydroxylation sites is 1. The van der Waals surface area contributed by atoms with E-state index in [0.29, 0.717) is 5.75 Å². The molecule has 2 rings (SSSR count). The molecule has 0 aliphatic carbocycles. The number of benzene rings is 1. The van der Waals surface area contributed by atoms with Gasteiger partial charge in [0.25, 0.3) is 0 Å². The van der Waals surface area contributed by atoms with Crippen LogP contribution in [0.4, 0.5) is 4.79 Å². The Morgan fingerprint density at radius 3 is 2.52 bits per heavy atom. The maximum absolute atomic E-state index is 12.2. The SMILES string of the molecule is CC(C)(C)OC(=O)N1C[C@H](Oc2ccccc2I)C[C@H]1C(=O)O. The summed E-state index contributed by atoms with van der Waals surface area (Å²) in [5.41, 5.74) is -0.673. The number of carbonyl (C=O) groups excluding carboxylic acids is 1. The number of nitrogens with zero attached hydrogens (tertiary/aromatic N) is 1. The average Bonchev–Trinajstić information content (AvgIpc) is 2.84. The summed E-state index contributed by atoms with van der Waals surface area (Å²) in [6.45, 7) is 5.43. The Morgan fingerprint density at radius 1 is 1.30 bits per heavy atom. The second-order valence-corrected chi connectivity index (χ2v) is 7.55. The van der Waals surface area contributed by atoms with Crippen molar-refractivity contribution >= 4 is 34.7 Å². The zero-order chi connectivity index (χ0) is 17.2. The maximum atomic E-state index is 12.2. The molecule has 1 aromatic rings. The number of ether oxygens (including phenoxy) is 2. The molecule has 2 atom stereocenters. The second-order valence-electron chi connectivity index (χ2n) is 6.39. The zero-order valence-electron chi connectivity index (χ0n) is 13.3. The lowest BCUT2D eigenvalue weighted by molar-refractivity contribution is -0.142. The van der Waals surface area contributed by atoms with Gasteiger partial charge in [0.2, 0.25) is 0 Å². The summed E-state index contributed by atoms with van der Waals surface area (Å²) in [5, 5.41) is 9.36. The molecular weight excluding hydrogens is 413 g/mol. The summed E-state index contributed by atoms with van der Waals surface area (Å²) in [6.07, 6.45) is -0.766. The maximum Gasteiger partial charge on any atom is 0.411 e. The molecule has 0 radical (unpaired) electrons. The fourth-order valence-electron chi connectivity index (χ4n) is 2.36. The third-order valence-corrected chi connectivity index (χ3v) is 4.20. The molecule has 23 heavy (non-hydrogen) atoms. The first kappa shape index (κ1) is 17.8. The lowest BCUT2D eigenvalue weighted by Crippen LogP contribution is -2.43. The van der Waals surface area contributed by atoms with Crippen molar-refractivity contribution in [2.24, 2.45) is 0 Å². The minimum Gasteiger partial charge on any atom is -0.487 e. The Bertz CT molecular complexity index is 598. The van der Waals surface area contributed by atoms with E-state index >= 15 is 0 Å². The Hall–Kier alpha value is -1.51. The molecule has 0 bridgehead atoms. The lowest BCUT2D eigenvalue weighted by atomic mass is 10.2. The topological polar surface area (TPSA) is 76.1 Å². The van der Waals surface area contributed by atoms with Gasteiger partial charge < -0.3 is 14.6 Å². The van der Waals surface area contributed by atoms with Crippen molar-refractivity contribution in [3.8, 4) is 5.75 Å². The van der Waals surface area contributed by atoms with Gasteiger partial charge in [-0.2, -0.15) is 0 Å². The Kier molecular flexibility index (Phi) is 5.38. The fraction of sp³-hybridized carbons (Fsp3) is 0.500. The third-order valence-electron chi connectivity index (χ3n) is 3.31. The molecule has 126 valence electrons. The van der Waals surface area contributed by atoms with Crippen LogP contribution in [0.2, 0.25) is 0 Å². The second kappa shape index (κ2) is 6.94. The van der Waals surface area contributed by atoms with Gasteiger partial charge in [-0.05, 0) is 55.5 Å². The third kappa shape index (κ3) is 4.73. The van der Waals surface area contributed by atoms with Crippen LogP contribution in [0.25, 0.3) is 0 Å². The van der Waals surface area contributed by atoms with Crippen molar-refractivity contribution in [3.05, 3.63) is 27.8 Å². The Labute approximate surface area is 148 Å². The van der Waals surface area contributed by atoms with Gasteiger partial charge in [0.05, 0.1) is 10.1 Å². The van der Waals surface area contributed by atoms with Crippen molar-refractivity contribution in [2.45, 2.75) is 44.9 Å². The van der Waals surface area contributed by atoms with E-state index in [9.17, 15) is 14.7 Å².